The lowest BCUT2D eigenvalue weighted by Crippen LogP contribution is -2.57. The van der Waals surface area contributed by atoms with Crippen molar-refractivity contribution in [2.45, 2.75) is 32.9 Å². The fraction of sp³-hybridized carbons (Fsp3) is 0.407. The maximum absolute atomic E-state index is 13.3. The molecule has 1 aliphatic heterocycles. The molecule has 1 aliphatic rings. The molecule has 1 unspecified atom stereocenters. The lowest BCUT2D eigenvalue weighted by atomic mass is 10.1. The molecule has 0 aromatic carbocycles. The van der Waals surface area contributed by atoms with Crippen LogP contribution >= 0.6 is 11.3 Å². The number of rotatable bonds is 10. The van der Waals surface area contributed by atoms with Crippen LogP contribution in [0.2, 0.25) is 0 Å². The van der Waals surface area contributed by atoms with E-state index >= 15 is 0 Å². The van der Waals surface area contributed by atoms with E-state index in [0.717, 1.165) is 48.1 Å². The second kappa shape index (κ2) is 11.0. The number of pyridine rings is 1. The van der Waals surface area contributed by atoms with Gasteiger partial charge >= 0.3 is 0 Å². The van der Waals surface area contributed by atoms with Gasteiger partial charge in [-0.3, -0.25) is 9.69 Å². The highest BCUT2D eigenvalue weighted by atomic mass is 32.1. The third kappa shape index (κ3) is 5.22. The third-order valence-electron chi connectivity index (χ3n) is 7.10. The monoisotopic (exact) mass is 518 g/mol. The molecule has 0 saturated carbocycles. The minimum Gasteiger partial charge on any atom is -0.353 e. The molecule has 0 radical (unpaired) electrons. The zero-order valence-electron chi connectivity index (χ0n) is 21.8. The van der Waals surface area contributed by atoms with Gasteiger partial charge in [-0.15, -0.1) is 11.3 Å². The number of thiophene rings is 1. The van der Waals surface area contributed by atoms with Crippen LogP contribution in [-0.2, 0) is 0 Å². The van der Waals surface area contributed by atoms with E-state index in [0.29, 0.717) is 29.5 Å². The Hall–Kier alpha value is -3.34. The number of amides is 1. The van der Waals surface area contributed by atoms with Crippen molar-refractivity contribution in [2.75, 3.05) is 44.7 Å². The first-order valence-electron chi connectivity index (χ1n) is 12.9. The van der Waals surface area contributed by atoms with Crippen molar-refractivity contribution in [1.29, 1.82) is 0 Å². The first kappa shape index (κ1) is 25.3. The summed E-state index contributed by atoms with van der Waals surface area (Å²) in [5.41, 5.74) is 3.69. The maximum Gasteiger partial charge on any atom is 0.251 e. The summed E-state index contributed by atoms with van der Waals surface area (Å²) in [6.07, 6.45) is 3.70. The van der Waals surface area contributed by atoms with Gasteiger partial charge in [0.05, 0.1) is 28.0 Å². The molecule has 5 heterocycles. The number of hydrogen-bond donors (Lipinski definition) is 2. The van der Waals surface area contributed by atoms with Gasteiger partial charge < -0.3 is 15.5 Å². The number of aromatic nitrogens is 4. The molecule has 1 fully saturated rings. The molecule has 0 aliphatic carbocycles. The lowest BCUT2D eigenvalue weighted by Gasteiger charge is -2.40. The van der Waals surface area contributed by atoms with E-state index in [2.05, 4.69) is 52.4 Å². The summed E-state index contributed by atoms with van der Waals surface area (Å²) in [6.45, 7) is 10.6. The number of nitrogens with zero attached hydrogens (tertiary/aromatic N) is 6. The predicted molar refractivity (Wildman–Crippen MR) is 149 cm³/mol. The van der Waals surface area contributed by atoms with Crippen LogP contribution in [0.15, 0.2) is 48.1 Å². The van der Waals surface area contributed by atoms with E-state index in [-0.39, 0.29) is 11.9 Å². The molecule has 9 nitrogen and oxygen atoms in total. The topological polar surface area (TPSA) is 90.7 Å². The van der Waals surface area contributed by atoms with E-state index in [1.54, 1.807) is 22.0 Å². The van der Waals surface area contributed by atoms with Crippen molar-refractivity contribution in [3.63, 3.8) is 0 Å². The van der Waals surface area contributed by atoms with Gasteiger partial charge in [0.25, 0.3) is 5.91 Å². The molecule has 0 spiro atoms. The van der Waals surface area contributed by atoms with Crippen molar-refractivity contribution in [2.24, 2.45) is 0 Å². The van der Waals surface area contributed by atoms with Crippen molar-refractivity contribution >= 4 is 28.7 Å². The number of nitrogens with one attached hydrogen (secondary N) is 2. The molecule has 1 amide bonds. The highest BCUT2D eigenvalue weighted by Crippen LogP contribution is 2.30. The van der Waals surface area contributed by atoms with Crippen molar-refractivity contribution in [3.05, 3.63) is 53.7 Å². The van der Waals surface area contributed by atoms with Gasteiger partial charge in [0.1, 0.15) is 5.82 Å². The Morgan fingerprint density at radius 3 is 2.70 bits per heavy atom. The van der Waals surface area contributed by atoms with Gasteiger partial charge in [0.15, 0.2) is 5.65 Å². The smallest absolute Gasteiger partial charge is 0.251 e. The SMILES string of the molecule is CCN(CC)C(C)CNC(=O)c1cc(-c2cnn3ccc(-c4cccs4)nc23)nc(N2CC(NC)C2)c1. The standard InChI is InChI=1S/C27H34N8OS/c1-5-33(6-2)18(3)14-29-27(36)19-12-23(31-25(13-19)34-16-20(17-34)28-4)21-15-30-35-10-9-22(32-26(21)35)24-8-7-11-37-24/h7-13,15,18,20,28H,5-6,14,16-17H2,1-4H3,(H,29,36). The first-order chi connectivity index (χ1) is 18.0. The zero-order chi connectivity index (χ0) is 25.9. The van der Waals surface area contributed by atoms with Crippen LogP contribution in [0.3, 0.4) is 0 Å². The van der Waals surface area contributed by atoms with Gasteiger partial charge in [-0.1, -0.05) is 19.9 Å². The average molecular weight is 519 g/mol. The fourth-order valence-corrected chi connectivity index (χ4v) is 5.42. The van der Waals surface area contributed by atoms with Gasteiger partial charge in [-0.2, -0.15) is 5.10 Å². The van der Waals surface area contributed by atoms with E-state index in [1.165, 1.54) is 0 Å². The summed E-state index contributed by atoms with van der Waals surface area (Å²) in [7, 11) is 1.97. The van der Waals surface area contributed by atoms with Crippen molar-refractivity contribution in [3.8, 4) is 21.8 Å². The van der Waals surface area contributed by atoms with E-state index in [9.17, 15) is 4.79 Å². The zero-order valence-corrected chi connectivity index (χ0v) is 22.6. The summed E-state index contributed by atoms with van der Waals surface area (Å²) in [5.74, 6) is 0.693. The molecule has 4 aromatic heterocycles. The van der Waals surface area contributed by atoms with Crippen LogP contribution in [0.5, 0.6) is 0 Å². The van der Waals surface area contributed by atoms with Crippen LogP contribution in [0.25, 0.3) is 27.5 Å². The highest BCUT2D eigenvalue weighted by molar-refractivity contribution is 7.13. The predicted octanol–water partition coefficient (Wildman–Crippen LogP) is 3.39. The van der Waals surface area contributed by atoms with Crippen LogP contribution in [0.1, 0.15) is 31.1 Å². The summed E-state index contributed by atoms with van der Waals surface area (Å²) >= 11 is 1.65. The summed E-state index contributed by atoms with van der Waals surface area (Å²) < 4.78 is 1.76. The Morgan fingerprint density at radius 2 is 2.00 bits per heavy atom. The number of carbonyl (C=O) groups excluding carboxylic acids is 1. The molecule has 194 valence electrons. The van der Waals surface area contributed by atoms with E-state index in [1.807, 2.05) is 42.9 Å². The Balaban J connectivity index is 1.49. The Labute approximate surface area is 221 Å². The molecule has 2 N–H and O–H groups in total. The average Bonchev–Trinajstić information content (AvgIpc) is 3.57. The number of carbonyl (C=O) groups is 1. The summed E-state index contributed by atoms with van der Waals surface area (Å²) in [5, 5.41) is 13.0. The Bertz CT molecular complexity index is 1360. The molecule has 4 aromatic rings. The maximum atomic E-state index is 13.3. The summed E-state index contributed by atoms with van der Waals surface area (Å²) in [6, 6.07) is 10.5. The number of hydrogen-bond acceptors (Lipinski definition) is 8. The van der Waals surface area contributed by atoms with Crippen LogP contribution in [0, 0.1) is 0 Å². The molecular weight excluding hydrogens is 484 g/mol. The quantitative estimate of drug-likeness (QED) is 0.333. The van der Waals surface area contributed by atoms with Crippen molar-refractivity contribution < 1.29 is 4.79 Å². The van der Waals surface area contributed by atoms with E-state index < -0.39 is 0 Å². The minimum absolute atomic E-state index is 0.0988. The van der Waals surface area contributed by atoms with Crippen LogP contribution in [0.4, 0.5) is 5.82 Å². The molecule has 0 bridgehead atoms. The van der Waals surface area contributed by atoms with Gasteiger partial charge in [-0.25, -0.2) is 14.5 Å². The third-order valence-corrected chi connectivity index (χ3v) is 7.99. The number of anilines is 1. The first-order valence-corrected chi connectivity index (χ1v) is 13.7. The molecule has 10 heteroatoms. The van der Waals surface area contributed by atoms with Crippen molar-refractivity contribution in [1.82, 2.24) is 35.1 Å². The van der Waals surface area contributed by atoms with Crippen LogP contribution in [-0.4, -0.2) is 82.2 Å². The normalized spacial score (nSPS) is 14.8. The van der Waals surface area contributed by atoms with Gasteiger partial charge in [-0.05, 0) is 56.7 Å². The second-order valence-corrected chi connectivity index (χ2v) is 10.3. The Kier molecular flexibility index (Phi) is 7.50. The molecule has 37 heavy (non-hydrogen) atoms. The van der Waals surface area contributed by atoms with Crippen LogP contribution < -0.4 is 15.5 Å². The largest absolute Gasteiger partial charge is 0.353 e. The molecular formula is C27H34N8OS. The second-order valence-electron chi connectivity index (χ2n) is 9.39. The number of likely N-dealkylation sites (N-methyl/N-ethyl adjacent to an activating group) is 2. The summed E-state index contributed by atoms with van der Waals surface area (Å²) in [4.78, 5) is 28.8. The lowest BCUT2D eigenvalue weighted by molar-refractivity contribution is 0.0938. The molecule has 5 rings (SSSR count). The fourth-order valence-electron chi connectivity index (χ4n) is 4.72. The van der Waals surface area contributed by atoms with E-state index in [4.69, 9.17) is 9.97 Å². The Morgan fingerprint density at radius 1 is 1.19 bits per heavy atom. The molecule has 1 atom stereocenters. The van der Waals surface area contributed by atoms with Gasteiger partial charge in [0, 0.05) is 43.5 Å². The minimum atomic E-state index is -0.0988. The highest BCUT2D eigenvalue weighted by Gasteiger charge is 2.28. The number of fused-ring (bicyclic) bond motifs is 1. The van der Waals surface area contributed by atoms with Gasteiger partial charge in [0.2, 0.25) is 0 Å². The molecule has 1 saturated heterocycles.